The first-order valence-corrected chi connectivity index (χ1v) is 10.2. The van der Waals surface area contributed by atoms with Gasteiger partial charge in [-0.25, -0.2) is 13.2 Å². The Morgan fingerprint density at radius 2 is 1.68 bits per heavy atom. The number of nitrogens with zero attached hydrogens (tertiary/aromatic N) is 2. The molecule has 1 aliphatic rings. The number of carbonyl (C=O) groups excluding carboxylic acids is 2. The Bertz CT molecular complexity index is 815. The summed E-state index contributed by atoms with van der Waals surface area (Å²) >= 11 is 0. The quantitative estimate of drug-likeness (QED) is 0.688. The molecule has 0 N–H and O–H groups in total. The van der Waals surface area contributed by atoms with Crippen molar-refractivity contribution in [2.45, 2.75) is 37.3 Å². The number of ether oxygens (including phenoxy) is 3. The summed E-state index contributed by atoms with van der Waals surface area (Å²) in [7, 11) is -1.32. The van der Waals surface area contributed by atoms with Crippen molar-refractivity contribution in [1.82, 2.24) is 9.21 Å². The van der Waals surface area contributed by atoms with Crippen LogP contribution in [0.5, 0.6) is 5.75 Å². The lowest BCUT2D eigenvalue weighted by atomic mass is 10.2. The molecule has 0 aromatic heterocycles. The van der Waals surface area contributed by atoms with E-state index in [0.29, 0.717) is 5.75 Å². The first-order chi connectivity index (χ1) is 13.0. The van der Waals surface area contributed by atoms with Gasteiger partial charge in [0.15, 0.2) is 0 Å². The fourth-order valence-corrected chi connectivity index (χ4v) is 4.32. The lowest BCUT2D eigenvalue weighted by molar-refractivity contribution is -0.146. The highest BCUT2D eigenvalue weighted by atomic mass is 32.2. The lowest BCUT2D eigenvalue weighted by Gasteiger charge is -2.39. The van der Waals surface area contributed by atoms with Crippen molar-refractivity contribution in [2.75, 3.05) is 33.9 Å². The molecule has 0 aliphatic carbocycles. The van der Waals surface area contributed by atoms with Gasteiger partial charge in [-0.05, 0) is 45.0 Å². The highest BCUT2D eigenvalue weighted by Gasteiger charge is 2.42. The van der Waals surface area contributed by atoms with E-state index in [9.17, 15) is 18.0 Å². The molecule has 28 heavy (non-hydrogen) atoms. The Hall–Kier alpha value is -2.33. The fourth-order valence-electron chi connectivity index (χ4n) is 2.76. The molecular weight excluding hydrogens is 388 g/mol. The summed E-state index contributed by atoms with van der Waals surface area (Å²) in [6.07, 6.45) is -0.608. The van der Waals surface area contributed by atoms with Crippen LogP contribution in [0.4, 0.5) is 4.79 Å². The molecule has 0 spiro atoms. The summed E-state index contributed by atoms with van der Waals surface area (Å²) in [6.45, 7) is 5.06. The molecule has 9 nitrogen and oxygen atoms in total. The molecule has 1 unspecified atom stereocenters. The highest BCUT2D eigenvalue weighted by molar-refractivity contribution is 7.89. The predicted octanol–water partition coefficient (Wildman–Crippen LogP) is 1.48. The molecule has 1 atom stereocenters. The van der Waals surface area contributed by atoms with Crippen LogP contribution in [-0.2, 0) is 24.3 Å². The number of rotatable bonds is 4. The molecule has 0 bridgehead atoms. The van der Waals surface area contributed by atoms with Crippen LogP contribution in [0.2, 0.25) is 0 Å². The SMILES string of the molecule is COC(=O)C1CN(C(=O)OC(C)(C)C)CCN1S(=O)(=O)c1ccc(OC)cc1. The third-order valence-electron chi connectivity index (χ3n) is 4.12. The van der Waals surface area contributed by atoms with Gasteiger partial charge in [-0.3, -0.25) is 4.79 Å². The Morgan fingerprint density at radius 3 is 2.18 bits per heavy atom. The van der Waals surface area contributed by atoms with Crippen LogP contribution >= 0.6 is 0 Å². The van der Waals surface area contributed by atoms with Gasteiger partial charge in [0.25, 0.3) is 0 Å². The van der Waals surface area contributed by atoms with Crippen LogP contribution in [-0.4, -0.2) is 75.2 Å². The Balaban J connectivity index is 2.28. The number of carbonyl (C=O) groups is 2. The molecule has 0 saturated carbocycles. The first kappa shape index (κ1) is 22.0. The summed E-state index contributed by atoms with van der Waals surface area (Å²) in [6, 6.07) is 4.69. The monoisotopic (exact) mass is 414 g/mol. The third kappa shape index (κ3) is 4.93. The van der Waals surface area contributed by atoms with E-state index in [1.807, 2.05) is 0 Å². The van der Waals surface area contributed by atoms with Crippen molar-refractivity contribution in [3.63, 3.8) is 0 Å². The molecular formula is C18H26N2O7S. The van der Waals surface area contributed by atoms with E-state index in [2.05, 4.69) is 0 Å². The number of amides is 1. The van der Waals surface area contributed by atoms with Crippen molar-refractivity contribution < 1.29 is 32.2 Å². The smallest absolute Gasteiger partial charge is 0.410 e. The molecule has 1 aromatic rings. The molecule has 1 saturated heterocycles. The number of sulfonamides is 1. The average molecular weight is 414 g/mol. The minimum Gasteiger partial charge on any atom is -0.497 e. The van der Waals surface area contributed by atoms with Crippen molar-refractivity contribution >= 4 is 22.1 Å². The minimum absolute atomic E-state index is 0.0212. The molecule has 156 valence electrons. The van der Waals surface area contributed by atoms with Crippen molar-refractivity contribution in [2.24, 2.45) is 0 Å². The summed E-state index contributed by atoms with van der Waals surface area (Å²) in [5.74, 6) is -0.233. The topological polar surface area (TPSA) is 102 Å². The largest absolute Gasteiger partial charge is 0.497 e. The Kier molecular flexibility index (Phi) is 6.56. The number of hydrogen-bond donors (Lipinski definition) is 0. The van der Waals surface area contributed by atoms with Gasteiger partial charge in [0, 0.05) is 13.1 Å². The maximum absolute atomic E-state index is 13.1. The van der Waals surface area contributed by atoms with Gasteiger partial charge in [-0.1, -0.05) is 0 Å². The lowest BCUT2D eigenvalue weighted by Crippen LogP contribution is -2.59. The van der Waals surface area contributed by atoms with E-state index in [1.54, 1.807) is 20.8 Å². The molecule has 2 rings (SSSR count). The van der Waals surface area contributed by atoms with Gasteiger partial charge < -0.3 is 19.1 Å². The number of benzene rings is 1. The van der Waals surface area contributed by atoms with E-state index in [-0.39, 0.29) is 24.5 Å². The number of hydrogen-bond acceptors (Lipinski definition) is 7. The number of piperazine rings is 1. The number of esters is 1. The van der Waals surface area contributed by atoms with Crippen LogP contribution in [0.3, 0.4) is 0 Å². The maximum Gasteiger partial charge on any atom is 0.410 e. The summed E-state index contributed by atoms with van der Waals surface area (Å²) < 4.78 is 42.3. The zero-order valence-electron chi connectivity index (χ0n) is 16.7. The van der Waals surface area contributed by atoms with Crippen molar-refractivity contribution in [1.29, 1.82) is 0 Å². The second-order valence-electron chi connectivity index (χ2n) is 7.26. The number of methoxy groups -OCH3 is 2. The van der Waals surface area contributed by atoms with E-state index >= 15 is 0 Å². The predicted molar refractivity (Wildman–Crippen MR) is 100 cm³/mol. The molecule has 1 aliphatic heterocycles. The van der Waals surface area contributed by atoms with Gasteiger partial charge in [0.2, 0.25) is 10.0 Å². The summed E-state index contributed by atoms with van der Waals surface area (Å²) in [5, 5.41) is 0. The Labute approximate surface area is 165 Å². The van der Waals surface area contributed by atoms with Crippen molar-refractivity contribution in [3.05, 3.63) is 24.3 Å². The van der Waals surface area contributed by atoms with E-state index in [1.165, 1.54) is 43.4 Å². The maximum atomic E-state index is 13.1. The first-order valence-electron chi connectivity index (χ1n) is 8.71. The van der Waals surface area contributed by atoms with Crippen molar-refractivity contribution in [3.8, 4) is 5.75 Å². The zero-order chi connectivity index (χ0) is 21.1. The van der Waals surface area contributed by atoms with Crippen LogP contribution < -0.4 is 4.74 Å². The van der Waals surface area contributed by atoms with Crippen LogP contribution in [0.1, 0.15) is 20.8 Å². The molecule has 0 radical (unpaired) electrons. The molecule has 1 amide bonds. The van der Waals surface area contributed by atoms with E-state index in [4.69, 9.17) is 14.2 Å². The van der Waals surface area contributed by atoms with E-state index in [0.717, 1.165) is 4.31 Å². The Morgan fingerprint density at radius 1 is 1.07 bits per heavy atom. The molecule has 1 aromatic carbocycles. The highest BCUT2D eigenvalue weighted by Crippen LogP contribution is 2.25. The average Bonchev–Trinajstić information content (AvgIpc) is 2.65. The van der Waals surface area contributed by atoms with Gasteiger partial charge >= 0.3 is 12.1 Å². The van der Waals surface area contributed by atoms with E-state index < -0.39 is 33.7 Å². The second kappa shape index (κ2) is 8.36. The zero-order valence-corrected chi connectivity index (χ0v) is 17.5. The fraction of sp³-hybridized carbons (Fsp3) is 0.556. The van der Waals surface area contributed by atoms with Crippen LogP contribution in [0.25, 0.3) is 0 Å². The molecule has 1 heterocycles. The van der Waals surface area contributed by atoms with Gasteiger partial charge in [-0.2, -0.15) is 4.31 Å². The second-order valence-corrected chi connectivity index (χ2v) is 9.15. The van der Waals surface area contributed by atoms with Crippen LogP contribution in [0, 0.1) is 0 Å². The minimum atomic E-state index is -3.98. The standard InChI is InChI=1S/C18H26N2O7S/c1-18(2,3)27-17(22)19-10-11-20(15(12-19)16(21)26-5)28(23,24)14-8-6-13(25-4)7-9-14/h6-9,15H,10-12H2,1-5H3. The summed E-state index contributed by atoms with van der Waals surface area (Å²) in [5.41, 5.74) is -0.704. The van der Waals surface area contributed by atoms with Gasteiger partial charge in [-0.15, -0.1) is 0 Å². The molecule has 10 heteroatoms. The third-order valence-corrected chi connectivity index (χ3v) is 6.04. The van der Waals surface area contributed by atoms with Gasteiger partial charge in [0.05, 0.1) is 25.7 Å². The molecule has 1 fully saturated rings. The van der Waals surface area contributed by atoms with Crippen LogP contribution in [0.15, 0.2) is 29.2 Å². The normalized spacial score (nSPS) is 18.5. The summed E-state index contributed by atoms with van der Waals surface area (Å²) in [4.78, 5) is 26.0. The van der Waals surface area contributed by atoms with Gasteiger partial charge in [0.1, 0.15) is 17.4 Å².